The summed E-state index contributed by atoms with van der Waals surface area (Å²) in [6.07, 6.45) is -0.387. The summed E-state index contributed by atoms with van der Waals surface area (Å²) in [4.78, 5) is 11.7. The van der Waals surface area contributed by atoms with E-state index in [1.165, 1.54) is 0 Å². The zero-order valence-corrected chi connectivity index (χ0v) is 9.76. The van der Waals surface area contributed by atoms with E-state index >= 15 is 0 Å². The van der Waals surface area contributed by atoms with Crippen molar-refractivity contribution in [3.05, 3.63) is 29.8 Å². The molecule has 4 heteroatoms. The highest BCUT2D eigenvalue weighted by molar-refractivity contribution is 5.73. The van der Waals surface area contributed by atoms with Crippen LogP contribution in [0.25, 0.3) is 0 Å². The van der Waals surface area contributed by atoms with E-state index in [2.05, 4.69) is 0 Å². The Morgan fingerprint density at radius 2 is 2.29 bits per heavy atom. The van der Waals surface area contributed by atoms with Gasteiger partial charge in [0.15, 0.2) is 0 Å². The second-order valence-corrected chi connectivity index (χ2v) is 3.98. The van der Waals surface area contributed by atoms with E-state index in [1.807, 2.05) is 12.1 Å². The fraction of sp³-hybridized carbons (Fsp3) is 0.462. The lowest BCUT2D eigenvalue weighted by atomic mass is 9.93. The Morgan fingerprint density at radius 1 is 1.53 bits per heavy atom. The van der Waals surface area contributed by atoms with Gasteiger partial charge < -0.3 is 14.6 Å². The standard InChI is InChI=1S/C13H16O4/c1-2-16-13(15)10-7-8-17-11-6-4-3-5-9(11)12(10)14/h3-6,10,12,14H,2,7-8H2,1H3/t10-,12-/m0/s1. The highest BCUT2D eigenvalue weighted by Gasteiger charge is 2.33. The van der Waals surface area contributed by atoms with Crippen LogP contribution in [-0.4, -0.2) is 24.3 Å². The second kappa shape index (κ2) is 5.19. The SMILES string of the molecule is CCOC(=O)[C@H]1CCOc2ccccc2[C@@H]1O. The predicted molar refractivity (Wildman–Crippen MR) is 61.6 cm³/mol. The van der Waals surface area contributed by atoms with Gasteiger partial charge in [0.1, 0.15) is 5.75 Å². The lowest BCUT2D eigenvalue weighted by Crippen LogP contribution is -2.24. The van der Waals surface area contributed by atoms with E-state index in [-0.39, 0.29) is 5.97 Å². The first-order valence-corrected chi connectivity index (χ1v) is 5.80. The number of para-hydroxylation sites is 1. The minimum absolute atomic E-state index is 0.324. The van der Waals surface area contributed by atoms with Crippen molar-refractivity contribution < 1.29 is 19.4 Å². The number of aliphatic hydroxyl groups excluding tert-OH is 1. The number of esters is 1. The van der Waals surface area contributed by atoms with Crippen molar-refractivity contribution in [3.63, 3.8) is 0 Å². The Balaban J connectivity index is 2.25. The predicted octanol–water partition coefficient (Wildman–Crippen LogP) is 1.68. The fourth-order valence-corrected chi connectivity index (χ4v) is 2.02. The van der Waals surface area contributed by atoms with Crippen molar-refractivity contribution in [1.82, 2.24) is 0 Å². The van der Waals surface area contributed by atoms with Crippen molar-refractivity contribution in [3.8, 4) is 5.75 Å². The third kappa shape index (κ3) is 2.42. The lowest BCUT2D eigenvalue weighted by molar-refractivity contribution is -0.152. The molecule has 0 amide bonds. The largest absolute Gasteiger partial charge is 0.493 e. The molecule has 92 valence electrons. The minimum atomic E-state index is -0.854. The van der Waals surface area contributed by atoms with Crippen molar-refractivity contribution in [2.75, 3.05) is 13.2 Å². The van der Waals surface area contributed by atoms with Crippen molar-refractivity contribution in [1.29, 1.82) is 0 Å². The molecule has 0 radical (unpaired) electrons. The topological polar surface area (TPSA) is 55.8 Å². The van der Waals surface area contributed by atoms with Crippen LogP contribution in [0.3, 0.4) is 0 Å². The minimum Gasteiger partial charge on any atom is -0.493 e. The van der Waals surface area contributed by atoms with Gasteiger partial charge in [0.2, 0.25) is 0 Å². The summed E-state index contributed by atoms with van der Waals surface area (Å²) in [6.45, 7) is 2.49. The molecule has 2 atom stereocenters. The van der Waals surface area contributed by atoms with Crippen LogP contribution in [0.1, 0.15) is 25.0 Å². The molecule has 0 fully saturated rings. The molecule has 0 unspecified atom stereocenters. The van der Waals surface area contributed by atoms with E-state index in [1.54, 1.807) is 19.1 Å². The van der Waals surface area contributed by atoms with Crippen LogP contribution in [0, 0.1) is 5.92 Å². The average Bonchev–Trinajstić information content (AvgIpc) is 2.50. The van der Waals surface area contributed by atoms with E-state index in [9.17, 15) is 9.90 Å². The van der Waals surface area contributed by atoms with Gasteiger partial charge in [-0.05, 0) is 19.4 Å². The van der Waals surface area contributed by atoms with Crippen LogP contribution in [0.2, 0.25) is 0 Å². The molecule has 2 rings (SSSR count). The number of benzene rings is 1. The van der Waals surface area contributed by atoms with Crippen LogP contribution in [0.15, 0.2) is 24.3 Å². The van der Waals surface area contributed by atoms with Crippen LogP contribution in [-0.2, 0) is 9.53 Å². The van der Waals surface area contributed by atoms with Gasteiger partial charge in [0, 0.05) is 5.56 Å². The first kappa shape index (κ1) is 11.9. The Labute approximate surface area is 100 Å². The Morgan fingerprint density at radius 3 is 3.06 bits per heavy atom. The quantitative estimate of drug-likeness (QED) is 0.794. The van der Waals surface area contributed by atoms with Gasteiger partial charge in [-0.3, -0.25) is 4.79 Å². The van der Waals surface area contributed by atoms with Crippen LogP contribution >= 0.6 is 0 Å². The number of hydrogen-bond donors (Lipinski definition) is 1. The van der Waals surface area contributed by atoms with Crippen LogP contribution in [0.5, 0.6) is 5.75 Å². The van der Waals surface area contributed by atoms with Gasteiger partial charge in [0.25, 0.3) is 0 Å². The van der Waals surface area contributed by atoms with Gasteiger partial charge in [-0.1, -0.05) is 18.2 Å². The molecule has 1 aromatic carbocycles. The molecule has 0 spiro atoms. The number of rotatable bonds is 2. The summed E-state index contributed by atoms with van der Waals surface area (Å²) in [5, 5.41) is 10.2. The second-order valence-electron chi connectivity index (χ2n) is 3.98. The van der Waals surface area contributed by atoms with E-state index in [4.69, 9.17) is 9.47 Å². The van der Waals surface area contributed by atoms with Crippen LogP contribution < -0.4 is 4.74 Å². The molecule has 0 saturated carbocycles. The molecule has 1 aliphatic rings. The first-order chi connectivity index (χ1) is 8.24. The summed E-state index contributed by atoms with van der Waals surface area (Å²) in [6, 6.07) is 7.23. The third-order valence-corrected chi connectivity index (χ3v) is 2.89. The zero-order valence-electron chi connectivity index (χ0n) is 9.76. The molecular weight excluding hydrogens is 220 g/mol. The Hall–Kier alpha value is -1.55. The molecule has 0 bridgehead atoms. The fourth-order valence-electron chi connectivity index (χ4n) is 2.02. The lowest BCUT2D eigenvalue weighted by Gasteiger charge is -2.18. The Kier molecular flexibility index (Phi) is 3.64. The Bertz CT molecular complexity index is 402. The van der Waals surface area contributed by atoms with Crippen molar-refractivity contribution in [2.45, 2.75) is 19.4 Å². The summed E-state index contributed by atoms with van der Waals surface area (Å²) in [5.41, 5.74) is 0.656. The number of fused-ring (bicyclic) bond motifs is 1. The molecule has 1 aliphatic heterocycles. The van der Waals surface area contributed by atoms with Gasteiger partial charge >= 0.3 is 5.97 Å². The van der Waals surface area contributed by atoms with E-state index < -0.39 is 12.0 Å². The monoisotopic (exact) mass is 236 g/mol. The molecule has 4 nitrogen and oxygen atoms in total. The molecule has 0 saturated heterocycles. The maximum atomic E-state index is 11.7. The van der Waals surface area contributed by atoms with Gasteiger partial charge in [-0.2, -0.15) is 0 Å². The molecule has 17 heavy (non-hydrogen) atoms. The van der Waals surface area contributed by atoms with Gasteiger partial charge in [-0.15, -0.1) is 0 Å². The number of ether oxygens (including phenoxy) is 2. The smallest absolute Gasteiger partial charge is 0.312 e. The molecule has 1 aromatic rings. The molecular formula is C13H16O4. The van der Waals surface area contributed by atoms with Gasteiger partial charge in [0.05, 0.1) is 25.2 Å². The van der Waals surface area contributed by atoms with Gasteiger partial charge in [-0.25, -0.2) is 0 Å². The van der Waals surface area contributed by atoms with E-state index in [0.29, 0.717) is 30.9 Å². The number of carbonyl (C=O) groups excluding carboxylic acids is 1. The summed E-state index contributed by atoms with van der Waals surface area (Å²) in [7, 11) is 0. The molecule has 1 heterocycles. The first-order valence-electron chi connectivity index (χ1n) is 5.80. The molecule has 0 aromatic heterocycles. The number of aliphatic hydroxyl groups is 1. The number of carbonyl (C=O) groups is 1. The zero-order chi connectivity index (χ0) is 12.3. The maximum Gasteiger partial charge on any atom is 0.312 e. The number of hydrogen-bond acceptors (Lipinski definition) is 4. The van der Waals surface area contributed by atoms with Crippen molar-refractivity contribution >= 4 is 5.97 Å². The third-order valence-electron chi connectivity index (χ3n) is 2.89. The van der Waals surface area contributed by atoms with Crippen molar-refractivity contribution in [2.24, 2.45) is 5.92 Å². The van der Waals surface area contributed by atoms with Crippen LogP contribution in [0.4, 0.5) is 0 Å². The average molecular weight is 236 g/mol. The normalized spacial score (nSPS) is 23.2. The maximum absolute atomic E-state index is 11.7. The van der Waals surface area contributed by atoms with E-state index in [0.717, 1.165) is 0 Å². The highest BCUT2D eigenvalue weighted by Crippen LogP contribution is 2.35. The highest BCUT2D eigenvalue weighted by atomic mass is 16.5. The molecule has 0 aliphatic carbocycles. The molecule has 1 N–H and O–H groups in total. The summed E-state index contributed by atoms with van der Waals surface area (Å²) >= 11 is 0. The summed E-state index contributed by atoms with van der Waals surface area (Å²) in [5.74, 6) is -0.259. The summed E-state index contributed by atoms with van der Waals surface area (Å²) < 4.78 is 10.5.